The van der Waals surface area contributed by atoms with Gasteiger partial charge in [-0.3, -0.25) is 0 Å². The van der Waals surface area contributed by atoms with Gasteiger partial charge < -0.3 is 5.11 Å². The molecule has 2 aromatic carbocycles. The zero-order chi connectivity index (χ0) is 18.3. The lowest BCUT2D eigenvalue weighted by Gasteiger charge is -2.14. The Balaban J connectivity index is 2.69. The van der Waals surface area contributed by atoms with Gasteiger partial charge in [0.2, 0.25) is 0 Å². The Morgan fingerprint density at radius 1 is 1.12 bits per heavy atom. The van der Waals surface area contributed by atoms with E-state index in [1.807, 2.05) is 0 Å². The Labute approximate surface area is 139 Å². The average molecular weight is 379 g/mol. The molecule has 1 N–H and O–H groups in total. The summed E-state index contributed by atoms with van der Waals surface area (Å²) in [6.45, 7) is 1.38. The van der Waals surface area contributed by atoms with Gasteiger partial charge in [-0.05, 0) is 47.9 Å². The van der Waals surface area contributed by atoms with Gasteiger partial charge in [0.1, 0.15) is 0 Å². The van der Waals surface area contributed by atoms with Crippen LogP contribution in [0.15, 0.2) is 41.3 Å². The molecular formula is C15H10ClF3O4S. The lowest BCUT2D eigenvalue weighted by Crippen LogP contribution is -2.10. The molecule has 0 aliphatic heterocycles. The number of halogens is 4. The van der Waals surface area contributed by atoms with Crippen molar-refractivity contribution in [2.75, 3.05) is 0 Å². The van der Waals surface area contributed by atoms with Crippen molar-refractivity contribution in [3.63, 3.8) is 0 Å². The number of carboxylic acid groups (broad SMARTS) is 1. The fourth-order valence-corrected chi connectivity index (χ4v) is 2.97. The molecule has 4 nitrogen and oxygen atoms in total. The standard InChI is InChI=1S/C15H10ClF3O4S/c1-8-12(9-2-4-11(5-3-9)24(16,22)23)6-10(15(17,18)19)7-13(8)14(20)21/h2-7H,1H3,(H,20,21). The Kier molecular flexibility index (Phi) is 4.65. The Morgan fingerprint density at radius 2 is 1.67 bits per heavy atom. The largest absolute Gasteiger partial charge is 0.478 e. The fraction of sp³-hybridized carbons (Fsp3) is 0.133. The molecule has 0 fully saturated rings. The highest BCUT2D eigenvalue weighted by molar-refractivity contribution is 8.13. The smallest absolute Gasteiger partial charge is 0.416 e. The van der Waals surface area contributed by atoms with Crippen molar-refractivity contribution in [1.29, 1.82) is 0 Å². The van der Waals surface area contributed by atoms with Crippen LogP contribution in [0.5, 0.6) is 0 Å². The maximum absolute atomic E-state index is 13.0. The van der Waals surface area contributed by atoms with Gasteiger partial charge in [-0.1, -0.05) is 12.1 Å². The molecule has 2 rings (SSSR count). The molecule has 128 valence electrons. The molecule has 0 bridgehead atoms. The number of hydrogen-bond donors (Lipinski definition) is 1. The predicted molar refractivity (Wildman–Crippen MR) is 81.6 cm³/mol. The van der Waals surface area contributed by atoms with Crippen LogP contribution in [-0.4, -0.2) is 19.5 Å². The van der Waals surface area contributed by atoms with Gasteiger partial charge in [-0.2, -0.15) is 13.2 Å². The molecule has 24 heavy (non-hydrogen) atoms. The third kappa shape index (κ3) is 3.70. The summed E-state index contributed by atoms with van der Waals surface area (Å²) in [5.41, 5.74) is -1.16. The second-order valence-corrected chi connectivity index (χ2v) is 7.53. The molecule has 0 amide bonds. The molecule has 0 saturated carbocycles. The summed E-state index contributed by atoms with van der Waals surface area (Å²) in [5.74, 6) is -1.49. The first-order chi connectivity index (χ1) is 10.9. The van der Waals surface area contributed by atoms with E-state index >= 15 is 0 Å². The molecule has 0 spiro atoms. The molecule has 0 radical (unpaired) electrons. The summed E-state index contributed by atoms with van der Waals surface area (Å²) in [5, 5.41) is 9.11. The Hall–Kier alpha value is -2.06. The van der Waals surface area contributed by atoms with Crippen LogP contribution in [0, 0.1) is 6.92 Å². The zero-order valence-corrected chi connectivity index (χ0v) is 13.6. The molecule has 0 aliphatic rings. The van der Waals surface area contributed by atoms with Crippen molar-refractivity contribution in [2.45, 2.75) is 18.0 Å². The van der Waals surface area contributed by atoms with E-state index in [0.29, 0.717) is 6.07 Å². The Morgan fingerprint density at radius 3 is 2.08 bits per heavy atom. The van der Waals surface area contributed by atoms with Crippen LogP contribution in [0.1, 0.15) is 21.5 Å². The van der Waals surface area contributed by atoms with Crippen LogP contribution in [0.2, 0.25) is 0 Å². The van der Waals surface area contributed by atoms with Gasteiger partial charge in [0.25, 0.3) is 9.05 Å². The summed E-state index contributed by atoms with van der Waals surface area (Å²) in [4.78, 5) is 11.0. The van der Waals surface area contributed by atoms with Crippen LogP contribution in [0.3, 0.4) is 0 Å². The number of carboxylic acids is 1. The van der Waals surface area contributed by atoms with Crippen molar-refractivity contribution in [3.8, 4) is 11.1 Å². The summed E-state index contributed by atoms with van der Waals surface area (Å²) in [6.07, 6.45) is -4.72. The van der Waals surface area contributed by atoms with E-state index in [2.05, 4.69) is 0 Å². The minimum atomic E-state index is -4.72. The number of rotatable bonds is 3. The van der Waals surface area contributed by atoms with Crippen LogP contribution in [0.4, 0.5) is 13.2 Å². The van der Waals surface area contributed by atoms with Gasteiger partial charge in [0, 0.05) is 10.7 Å². The van der Waals surface area contributed by atoms with Crippen LogP contribution >= 0.6 is 10.7 Å². The molecule has 0 aliphatic carbocycles. The van der Waals surface area contributed by atoms with E-state index in [9.17, 15) is 26.4 Å². The predicted octanol–water partition coefficient (Wildman–Crippen LogP) is 4.31. The van der Waals surface area contributed by atoms with Crippen molar-refractivity contribution in [3.05, 3.63) is 53.1 Å². The first-order valence-corrected chi connectivity index (χ1v) is 8.72. The van der Waals surface area contributed by atoms with Crippen molar-refractivity contribution in [2.24, 2.45) is 0 Å². The average Bonchev–Trinajstić information content (AvgIpc) is 2.45. The fourth-order valence-electron chi connectivity index (χ4n) is 2.20. The first kappa shape index (κ1) is 18.3. The molecule has 2 aromatic rings. The molecule has 0 aromatic heterocycles. The summed E-state index contributed by atoms with van der Waals surface area (Å²) in [6, 6.07) is 6.20. The highest BCUT2D eigenvalue weighted by Gasteiger charge is 2.32. The van der Waals surface area contributed by atoms with E-state index in [1.165, 1.54) is 19.1 Å². The summed E-state index contributed by atoms with van der Waals surface area (Å²) in [7, 11) is 1.22. The number of alkyl halides is 3. The van der Waals surface area contributed by atoms with E-state index in [4.69, 9.17) is 15.8 Å². The third-order valence-electron chi connectivity index (χ3n) is 3.41. The number of aromatic carboxylic acids is 1. The van der Waals surface area contributed by atoms with Crippen molar-refractivity contribution in [1.82, 2.24) is 0 Å². The lowest BCUT2D eigenvalue weighted by molar-refractivity contribution is -0.137. The lowest BCUT2D eigenvalue weighted by atomic mass is 9.93. The van der Waals surface area contributed by atoms with E-state index in [-0.39, 0.29) is 21.6 Å². The molecule has 9 heteroatoms. The maximum atomic E-state index is 13.0. The normalized spacial score (nSPS) is 12.2. The molecule has 0 heterocycles. The highest BCUT2D eigenvalue weighted by Crippen LogP contribution is 2.36. The second kappa shape index (κ2) is 6.10. The quantitative estimate of drug-likeness (QED) is 0.808. The van der Waals surface area contributed by atoms with Crippen molar-refractivity contribution >= 4 is 25.7 Å². The highest BCUT2D eigenvalue weighted by atomic mass is 35.7. The van der Waals surface area contributed by atoms with E-state index < -0.39 is 32.3 Å². The minimum Gasteiger partial charge on any atom is -0.478 e. The van der Waals surface area contributed by atoms with Crippen LogP contribution in [0.25, 0.3) is 11.1 Å². The van der Waals surface area contributed by atoms with Gasteiger partial charge in [0.15, 0.2) is 0 Å². The topological polar surface area (TPSA) is 71.4 Å². The monoisotopic (exact) mass is 378 g/mol. The van der Waals surface area contributed by atoms with E-state index in [0.717, 1.165) is 18.2 Å². The van der Waals surface area contributed by atoms with Gasteiger partial charge in [-0.15, -0.1) is 0 Å². The summed E-state index contributed by atoms with van der Waals surface area (Å²) < 4.78 is 61.4. The van der Waals surface area contributed by atoms with Gasteiger partial charge in [-0.25, -0.2) is 13.2 Å². The number of hydrogen-bond acceptors (Lipinski definition) is 3. The van der Waals surface area contributed by atoms with Crippen LogP contribution < -0.4 is 0 Å². The second-order valence-electron chi connectivity index (χ2n) is 4.96. The molecular weight excluding hydrogens is 369 g/mol. The summed E-state index contributed by atoms with van der Waals surface area (Å²) >= 11 is 0. The number of carbonyl (C=O) groups is 1. The zero-order valence-electron chi connectivity index (χ0n) is 12.1. The maximum Gasteiger partial charge on any atom is 0.416 e. The Bertz CT molecular complexity index is 904. The van der Waals surface area contributed by atoms with Crippen LogP contribution in [-0.2, 0) is 15.2 Å². The SMILES string of the molecule is Cc1c(C(=O)O)cc(C(F)(F)F)cc1-c1ccc(S(=O)(=O)Cl)cc1. The van der Waals surface area contributed by atoms with Gasteiger partial charge >= 0.3 is 12.1 Å². The van der Waals surface area contributed by atoms with Gasteiger partial charge in [0.05, 0.1) is 16.0 Å². The first-order valence-electron chi connectivity index (χ1n) is 6.41. The molecule has 0 unspecified atom stereocenters. The minimum absolute atomic E-state index is 0.0424. The third-order valence-corrected chi connectivity index (χ3v) is 4.78. The number of benzene rings is 2. The van der Waals surface area contributed by atoms with Crippen molar-refractivity contribution < 1.29 is 31.5 Å². The molecule has 0 atom stereocenters. The molecule has 0 saturated heterocycles. The van der Waals surface area contributed by atoms with E-state index in [1.54, 1.807) is 0 Å².